The van der Waals surface area contributed by atoms with Crippen LogP contribution in [0.2, 0.25) is 0 Å². The number of furan rings is 1. The Hall–Kier alpha value is -1.59. The van der Waals surface area contributed by atoms with Crippen LogP contribution in [0.3, 0.4) is 0 Å². The molecule has 0 aliphatic rings. The highest BCUT2D eigenvalue weighted by Crippen LogP contribution is 2.32. The minimum atomic E-state index is -4.45. The quantitative estimate of drug-likeness (QED) is 0.694. The van der Waals surface area contributed by atoms with E-state index in [0.717, 1.165) is 6.07 Å². The summed E-state index contributed by atoms with van der Waals surface area (Å²) in [5.41, 5.74) is -0.237. The van der Waals surface area contributed by atoms with Crippen molar-refractivity contribution in [3.05, 3.63) is 35.1 Å². The number of hydrogen-bond acceptors (Lipinski definition) is 1. The molecule has 1 heterocycles. The first kappa shape index (κ1) is 11.9. The lowest BCUT2D eigenvalue weighted by Crippen LogP contribution is -2.11. The second kappa shape index (κ2) is 3.72. The molecule has 0 bridgehead atoms. The van der Waals surface area contributed by atoms with Gasteiger partial charge in [-0.1, -0.05) is 0 Å². The van der Waals surface area contributed by atoms with Crippen molar-refractivity contribution >= 4 is 11.0 Å². The van der Waals surface area contributed by atoms with Crippen molar-refractivity contribution in [2.45, 2.75) is 19.5 Å². The lowest BCUT2D eigenvalue weighted by atomic mass is 10.1. The highest BCUT2D eigenvalue weighted by molar-refractivity contribution is 5.82. The van der Waals surface area contributed by atoms with E-state index in [1.165, 1.54) is 6.92 Å². The summed E-state index contributed by atoms with van der Waals surface area (Å²) >= 11 is 0. The van der Waals surface area contributed by atoms with Gasteiger partial charge in [-0.25, -0.2) is 8.78 Å². The highest BCUT2D eigenvalue weighted by Gasteiger charge is 2.31. The molecule has 0 fully saturated rings. The Morgan fingerprint density at radius 3 is 2.41 bits per heavy atom. The van der Waals surface area contributed by atoms with Crippen molar-refractivity contribution in [3.63, 3.8) is 0 Å². The van der Waals surface area contributed by atoms with Crippen LogP contribution in [-0.4, -0.2) is 6.18 Å². The SMILES string of the molecule is Cc1c(CC(F)(F)F)oc2c(F)cc(F)cc12. The number of rotatable bonds is 1. The molecule has 0 aliphatic carbocycles. The number of fused-ring (bicyclic) bond motifs is 1. The van der Waals surface area contributed by atoms with Crippen LogP contribution >= 0.6 is 0 Å². The monoisotopic (exact) mass is 250 g/mol. The molecule has 0 unspecified atom stereocenters. The predicted molar refractivity (Wildman–Crippen MR) is 50.6 cm³/mol. The Labute approximate surface area is 92.8 Å². The summed E-state index contributed by atoms with van der Waals surface area (Å²) in [6, 6.07) is 1.53. The lowest BCUT2D eigenvalue weighted by Gasteiger charge is -2.03. The van der Waals surface area contributed by atoms with Crippen LogP contribution in [0.4, 0.5) is 22.0 Å². The molecule has 92 valence electrons. The van der Waals surface area contributed by atoms with Crippen LogP contribution in [0.1, 0.15) is 11.3 Å². The van der Waals surface area contributed by atoms with E-state index in [-0.39, 0.29) is 16.5 Å². The normalized spacial score (nSPS) is 12.4. The van der Waals surface area contributed by atoms with Gasteiger partial charge in [-0.05, 0) is 18.6 Å². The molecular weight excluding hydrogens is 243 g/mol. The minimum absolute atomic E-state index is 0.0294. The standard InChI is InChI=1S/C11H7F5O/c1-5-7-2-6(12)3-8(13)10(7)17-9(5)4-11(14,15)16/h2-3H,4H2,1H3. The summed E-state index contributed by atoms with van der Waals surface area (Å²) in [5, 5.41) is 0.0294. The Morgan fingerprint density at radius 1 is 1.18 bits per heavy atom. The molecule has 0 aliphatic heterocycles. The highest BCUT2D eigenvalue weighted by atomic mass is 19.4. The molecule has 0 radical (unpaired) electrons. The number of alkyl halides is 3. The lowest BCUT2D eigenvalue weighted by molar-refractivity contribution is -0.130. The molecule has 0 saturated heterocycles. The Kier molecular flexibility index (Phi) is 2.60. The third-order valence-electron chi connectivity index (χ3n) is 2.42. The summed E-state index contributed by atoms with van der Waals surface area (Å²) in [5.74, 6) is -2.24. The van der Waals surface area contributed by atoms with Gasteiger partial charge in [0.25, 0.3) is 0 Å². The van der Waals surface area contributed by atoms with Crippen molar-refractivity contribution in [1.29, 1.82) is 0 Å². The van der Waals surface area contributed by atoms with E-state index in [4.69, 9.17) is 4.42 Å². The molecule has 1 nitrogen and oxygen atoms in total. The van der Waals surface area contributed by atoms with Crippen LogP contribution in [0, 0.1) is 18.6 Å². The topological polar surface area (TPSA) is 13.1 Å². The first-order valence-corrected chi connectivity index (χ1v) is 4.71. The van der Waals surface area contributed by atoms with Crippen molar-refractivity contribution in [3.8, 4) is 0 Å². The maximum atomic E-state index is 13.3. The first-order chi connectivity index (χ1) is 7.78. The smallest absolute Gasteiger partial charge is 0.396 e. The number of hydrogen-bond donors (Lipinski definition) is 0. The van der Waals surface area contributed by atoms with Crippen molar-refractivity contribution < 1.29 is 26.4 Å². The summed E-state index contributed by atoms with van der Waals surface area (Å²) in [6.45, 7) is 1.34. The van der Waals surface area contributed by atoms with Gasteiger partial charge in [-0.2, -0.15) is 13.2 Å². The van der Waals surface area contributed by atoms with E-state index in [0.29, 0.717) is 6.07 Å². The van der Waals surface area contributed by atoms with Gasteiger partial charge in [0, 0.05) is 11.5 Å². The summed E-state index contributed by atoms with van der Waals surface area (Å²) in [7, 11) is 0. The Morgan fingerprint density at radius 2 is 1.82 bits per heavy atom. The molecule has 0 N–H and O–H groups in total. The number of aryl methyl sites for hydroxylation is 1. The summed E-state index contributed by atoms with van der Waals surface area (Å²) in [4.78, 5) is 0. The van der Waals surface area contributed by atoms with Crippen molar-refractivity contribution in [1.82, 2.24) is 0 Å². The molecule has 1 aromatic heterocycles. The van der Waals surface area contributed by atoms with Gasteiger partial charge in [0.05, 0.1) is 0 Å². The zero-order valence-corrected chi connectivity index (χ0v) is 8.66. The van der Waals surface area contributed by atoms with Gasteiger partial charge >= 0.3 is 6.18 Å². The maximum Gasteiger partial charge on any atom is 0.396 e. The van der Waals surface area contributed by atoms with E-state index in [9.17, 15) is 22.0 Å². The molecule has 0 saturated carbocycles. The fourth-order valence-electron chi connectivity index (χ4n) is 1.64. The predicted octanol–water partition coefficient (Wildman–Crippen LogP) is 4.12. The third kappa shape index (κ3) is 2.25. The molecule has 0 amide bonds. The molecule has 2 aromatic rings. The number of halogens is 5. The molecule has 0 atom stereocenters. The molecular formula is C11H7F5O. The Bertz CT molecular complexity index is 567. The molecule has 17 heavy (non-hydrogen) atoms. The largest absolute Gasteiger partial charge is 0.457 e. The van der Waals surface area contributed by atoms with Gasteiger partial charge < -0.3 is 4.42 Å². The van der Waals surface area contributed by atoms with E-state index >= 15 is 0 Å². The van der Waals surface area contributed by atoms with Crippen molar-refractivity contribution in [2.24, 2.45) is 0 Å². The molecule has 1 aromatic carbocycles. The van der Waals surface area contributed by atoms with Crippen molar-refractivity contribution in [2.75, 3.05) is 0 Å². The van der Waals surface area contributed by atoms with Crippen LogP contribution in [0.5, 0.6) is 0 Å². The average molecular weight is 250 g/mol. The summed E-state index contributed by atoms with van der Waals surface area (Å²) < 4.78 is 67.6. The van der Waals surface area contributed by atoms with Crippen LogP contribution < -0.4 is 0 Å². The fourth-order valence-corrected chi connectivity index (χ4v) is 1.64. The molecule has 2 rings (SSSR count). The van der Waals surface area contributed by atoms with Crippen LogP contribution in [0.15, 0.2) is 16.5 Å². The zero-order valence-electron chi connectivity index (χ0n) is 8.66. The molecule has 6 heteroatoms. The minimum Gasteiger partial charge on any atom is -0.457 e. The van der Waals surface area contributed by atoms with Gasteiger partial charge in [-0.3, -0.25) is 0 Å². The van der Waals surface area contributed by atoms with Gasteiger partial charge in [0.15, 0.2) is 11.4 Å². The van der Waals surface area contributed by atoms with Gasteiger partial charge in [0.1, 0.15) is 18.0 Å². The van der Waals surface area contributed by atoms with E-state index in [1.807, 2.05) is 0 Å². The van der Waals surface area contributed by atoms with Crippen LogP contribution in [-0.2, 0) is 6.42 Å². The molecule has 0 spiro atoms. The Balaban J connectivity index is 2.61. The first-order valence-electron chi connectivity index (χ1n) is 4.71. The third-order valence-corrected chi connectivity index (χ3v) is 2.42. The number of benzene rings is 1. The van der Waals surface area contributed by atoms with Gasteiger partial charge in [0.2, 0.25) is 0 Å². The maximum absolute atomic E-state index is 13.3. The van der Waals surface area contributed by atoms with E-state index < -0.39 is 30.0 Å². The zero-order chi connectivity index (χ0) is 12.8. The second-order valence-corrected chi connectivity index (χ2v) is 3.71. The average Bonchev–Trinajstić information content (AvgIpc) is 2.43. The van der Waals surface area contributed by atoms with E-state index in [2.05, 4.69) is 0 Å². The van der Waals surface area contributed by atoms with E-state index in [1.54, 1.807) is 0 Å². The summed E-state index contributed by atoms with van der Waals surface area (Å²) in [6.07, 6.45) is -5.75. The van der Waals surface area contributed by atoms with Gasteiger partial charge in [-0.15, -0.1) is 0 Å². The van der Waals surface area contributed by atoms with Crippen LogP contribution in [0.25, 0.3) is 11.0 Å². The fraction of sp³-hybridized carbons (Fsp3) is 0.273. The second-order valence-electron chi connectivity index (χ2n) is 3.71.